The van der Waals surface area contributed by atoms with Crippen molar-refractivity contribution in [3.63, 3.8) is 0 Å². The number of fused-ring (bicyclic) bond motifs is 3. The Balaban J connectivity index is 1.94. The van der Waals surface area contributed by atoms with E-state index in [2.05, 4.69) is 26.0 Å². The molecule has 150 valence electrons. The van der Waals surface area contributed by atoms with Crippen LogP contribution in [0.15, 0.2) is 42.7 Å². The number of rotatable bonds is 1. The zero-order valence-electron chi connectivity index (χ0n) is 16.1. The van der Waals surface area contributed by atoms with Crippen molar-refractivity contribution < 1.29 is 9.59 Å². The zero-order valence-corrected chi connectivity index (χ0v) is 16.1. The van der Waals surface area contributed by atoms with E-state index in [1.54, 1.807) is 37.6 Å². The maximum atomic E-state index is 12.7. The van der Waals surface area contributed by atoms with Crippen LogP contribution in [-0.4, -0.2) is 45.9 Å². The summed E-state index contributed by atoms with van der Waals surface area (Å²) in [5.41, 5.74) is 1.68. The van der Waals surface area contributed by atoms with Crippen molar-refractivity contribution in [1.82, 2.24) is 25.4 Å². The van der Waals surface area contributed by atoms with Gasteiger partial charge in [0.25, 0.3) is 11.8 Å². The van der Waals surface area contributed by atoms with Crippen LogP contribution < -0.4 is 16.0 Å². The zero-order chi connectivity index (χ0) is 20.6. The molecule has 0 saturated heterocycles. The Morgan fingerprint density at radius 1 is 1.17 bits per heavy atom. The molecule has 2 aromatic heterocycles. The standard InChI is InChI=1S/C20H23N7O2/c1-27-13-17-18(26-27)20(29)23-10-5-3-2-4-9-22-12-14(11-21)15-7-6-8-16(24-15)19(28)25-17/h2,4,6-8,11-13,21-22H,3,5,9-10H2,1H3,(H,23,29)(H,25,28)/b4-2+,14-12+,21-11?. The summed E-state index contributed by atoms with van der Waals surface area (Å²) < 4.78 is 1.47. The first-order valence-corrected chi connectivity index (χ1v) is 9.28. The van der Waals surface area contributed by atoms with Gasteiger partial charge in [0.1, 0.15) is 5.69 Å². The molecule has 0 aromatic carbocycles. The Bertz CT molecular complexity index is 975. The van der Waals surface area contributed by atoms with Crippen LogP contribution in [0.4, 0.5) is 5.69 Å². The predicted octanol–water partition coefficient (Wildman–Crippen LogP) is 1.73. The molecule has 2 aromatic rings. The Morgan fingerprint density at radius 2 is 2.00 bits per heavy atom. The summed E-state index contributed by atoms with van der Waals surface area (Å²) in [6.07, 6.45) is 10.1. The molecule has 4 N–H and O–H groups in total. The van der Waals surface area contributed by atoms with E-state index >= 15 is 0 Å². The van der Waals surface area contributed by atoms with Crippen LogP contribution in [0, 0.1) is 5.41 Å². The molecule has 0 radical (unpaired) electrons. The highest BCUT2D eigenvalue weighted by Gasteiger charge is 2.19. The van der Waals surface area contributed by atoms with Crippen LogP contribution in [0.5, 0.6) is 0 Å². The number of nitrogens with zero attached hydrogens (tertiary/aromatic N) is 3. The number of pyridine rings is 1. The van der Waals surface area contributed by atoms with Gasteiger partial charge in [-0.2, -0.15) is 5.10 Å². The molecule has 0 fully saturated rings. The molecule has 1 aliphatic rings. The van der Waals surface area contributed by atoms with Crippen molar-refractivity contribution in [3.05, 3.63) is 59.8 Å². The average Bonchev–Trinajstić information content (AvgIpc) is 3.09. The van der Waals surface area contributed by atoms with E-state index in [0.717, 1.165) is 12.8 Å². The van der Waals surface area contributed by atoms with Gasteiger partial charge in [-0.1, -0.05) is 18.2 Å². The number of aryl methyl sites for hydroxylation is 1. The van der Waals surface area contributed by atoms with Gasteiger partial charge in [-0.3, -0.25) is 14.3 Å². The van der Waals surface area contributed by atoms with Crippen molar-refractivity contribution in [3.8, 4) is 0 Å². The maximum absolute atomic E-state index is 12.7. The number of allylic oxidation sites excluding steroid dienone is 2. The fourth-order valence-electron chi connectivity index (χ4n) is 2.79. The third-order valence-corrected chi connectivity index (χ3v) is 4.22. The minimum absolute atomic E-state index is 0.151. The average molecular weight is 393 g/mol. The molecule has 2 bridgehead atoms. The number of hydrogen-bond donors (Lipinski definition) is 4. The second kappa shape index (κ2) is 9.45. The Labute approximate surface area is 168 Å². The SMILES string of the molecule is Cn1cc2c(n1)C(=O)NCCC/C=C/CN/C=C(\C=N)c1cccc(n1)C(=O)N2. The van der Waals surface area contributed by atoms with Gasteiger partial charge in [0.2, 0.25) is 0 Å². The van der Waals surface area contributed by atoms with E-state index in [4.69, 9.17) is 5.41 Å². The first-order chi connectivity index (χ1) is 14.1. The second-order valence-electron chi connectivity index (χ2n) is 6.45. The highest BCUT2D eigenvalue weighted by molar-refractivity contribution is 6.09. The number of anilines is 1. The molecule has 0 spiro atoms. The number of nitrogens with one attached hydrogen (secondary N) is 4. The van der Waals surface area contributed by atoms with E-state index in [0.29, 0.717) is 30.0 Å². The topological polar surface area (TPSA) is 125 Å². The molecule has 0 saturated carbocycles. The number of carbonyl (C=O) groups is 2. The monoisotopic (exact) mass is 393 g/mol. The summed E-state index contributed by atoms with van der Waals surface area (Å²) in [7, 11) is 1.68. The van der Waals surface area contributed by atoms with Crippen LogP contribution in [0.3, 0.4) is 0 Å². The first kappa shape index (κ1) is 20.0. The molecule has 2 amide bonds. The fourth-order valence-corrected chi connectivity index (χ4v) is 2.79. The molecule has 0 atom stereocenters. The lowest BCUT2D eigenvalue weighted by Crippen LogP contribution is -2.26. The van der Waals surface area contributed by atoms with Crippen LogP contribution >= 0.6 is 0 Å². The third-order valence-electron chi connectivity index (χ3n) is 4.22. The van der Waals surface area contributed by atoms with Crippen molar-refractivity contribution in [2.75, 3.05) is 18.4 Å². The molecule has 29 heavy (non-hydrogen) atoms. The summed E-state index contributed by atoms with van der Waals surface area (Å²) in [6.45, 7) is 1.10. The summed E-state index contributed by atoms with van der Waals surface area (Å²) >= 11 is 0. The van der Waals surface area contributed by atoms with Crippen LogP contribution in [0.2, 0.25) is 0 Å². The van der Waals surface area contributed by atoms with Crippen molar-refractivity contribution in [1.29, 1.82) is 5.41 Å². The smallest absolute Gasteiger partial charge is 0.274 e. The fraction of sp³-hybridized carbons (Fsp3) is 0.250. The van der Waals surface area contributed by atoms with Crippen molar-refractivity contribution in [2.24, 2.45) is 7.05 Å². The molecule has 9 nitrogen and oxygen atoms in total. The third kappa shape index (κ3) is 5.16. The largest absolute Gasteiger partial charge is 0.387 e. The van der Waals surface area contributed by atoms with Gasteiger partial charge in [-0.05, 0) is 25.0 Å². The molecule has 1 aliphatic heterocycles. The number of carbonyl (C=O) groups excluding carboxylic acids is 2. The van der Waals surface area contributed by atoms with E-state index in [1.165, 1.54) is 10.9 Å². The molecular formula is C20H23N7O2. The van der Waals surface area contributed by atoms with Gasteiger partial charge in [-0.15, -0.1) is 0 Å². The summed E-state index contributed by atoms with van der Waals surface area (Å²) in [6, 6.07) is 5.00. The lowest BCUT2D eigenvalue weighted by Gasteiger charge is -2.08. The second-order valence-corrected chi connectivity index (χ2v) is 6.45. The number of amides is 2. The van der Waals surface area contributed by atoms with Gasteiger partial charge in [0, 0.05) is 44.3 Å². The lowest BCUT2D eigenvalue weighted by molar-refractivity contribution is 0.0948. The summed E-state index contributed by atoms with van der Waals surface area (Å²) in [4.78, 5) is 29.5. The first-order valence-electron chi connectivity index (χ1n) is 9.28. The van der Waals surface area contributed by atoms with Gasteiger partial charge in [-0.25, -0.2) is 4.98 Å². The highest BCUT2D eigenvalue weighted by Crippen LogP contribution is 2.16. The lowest BCUT2D eigenvalue weighted by atomic mass is 10.2. The molecular weight excluding hydrogens is 370 g/mol. The molecule has 3 rings (SSSR count). The van der Waals surface area contributed by atoms with Crippen molar-refractivity contribution in [2.45, 2.75) is 12.8 Å². The Morgan fingerprint density at radius 3 is 2.83 bits per heavy atom. The molecule has 0 unspecified atom stereocenters. The Hall–Kier alpha value is -3.75. The predicted molar refractivity (Wildman–Crippen MR) is 111 cm³/mol. The number of aromatic nitrogens is 3. The molecule has 3 heterocycles. The summed E-state index contributed by atoms with van der Waals surface area (Å²) in [5.74, 6) is -0.807. The minimum atomic E-state index is -0.463. The maximum Gasteiger partial charge on any atom is 0.274 e. The Kier molecular flexibility index (Phi) is 6.51. The molecule has 9 heteroatoms. The molecule has 0 aliphatic carbocycles. The van der Waals surface area contributed by atoms with E-state index in [1.807, 2.05) is 12.2 Å². The van der Waals surface area contributed by atoms with Crippen LogP contribution in [-0.2, 0) is 7.05 Å². The van der Waals surface area contributed by atoms with E-state index in [-0.39, 0.29) is 17.3 Å². The minimum Gasteiger partial charge on any atom is -0.387 e. The van der Waals surface area contributed by atoms with Gasteiger partial charge in [0.05, 0.1) is 11.4 Å². The normalized spacial score (nSPS) is 18.6. The van der Waals surface area contributed by atoms with Gasteiger partial charge < -0.3 is 21.4 Å². The van der Waals surface area contributed by atoms with Crippen LogP contribution in [0.25, 0.3) is 5.57 Å². The van der Waals surface area contributed by atoms with Gasteiger partial charge in [0.15, 0.2) is 5.69 Å². The van der Waals surface area contributed by atoms with Crippen LogP contribution in [0.1, 0.15) is 39.5 Å². The quantitative estimate of drug-likeness (QED) is 0.434. The van der Waals surface area contributed by atoms with E-state index in [9.17, 15) is 9.59 Å². The van der Waals surface area contributed by atoms with Crippen molar-refractivity contribution >= 4 is 29.3 Å². The number of hydrogen-bond acceptors (Lipinski definition) is 6. The van der Waals surface area contributed by atoms with Gasteiger partial charge >= 0.3 is 0 Å². The summed E-state index contributed by atoms with van der Waals surface area (Å²) in [5, 5.41) is 20.4. The highest BCUT2D eigenvalue weighted by atomic mass is 16.2. The van der Waals surface area contributed by atoms with E-state index < -0.39 is 5.91 Å².